The van der Waals surface area contributed by atoms with Crippen LogP contribution in [0.1, 0.15) is 33.2 Å². The predicted octanol–water partition coefficient (Wildman–Crippen LogP) is 3.83. The van der Waals surface area contributed by atoms with E-state index >= 15 is 0 Å². The van der Waals surface area contributed by atoms with Crippen molar-refractivity contribution in [3.05, 3.63) is 70.9 Å². The average molecular weight is 337 g/mol. The van der Waals surface area contributed by atoms with Crippen molar-refractivity contribution in [1.29, 1.82) is 0 Å². The Morgan fingerprint density at radius 2 is 1.96 bits per heavy atom. The van der Waals surface area contributed by atoms with Crippen molar-refractivity contribution in [1.82, 2.24) is 10.1 Å². The van der Waals surface area contributed by atoms with Crippen LogP contribution in [0, 0.1) is 20.8 Å². The van der Waals surface area contributed by atoms with Gasteiger partial charge in [-0.25, -0.2) is 0 Å². The van der Waals surface area contributed by atoms with Crippen molar-refractivity contribution < 1.29 is 14.1 Å². The van der Waals surface area contributed by atoms with Crippen molar-refractivity contribution in [3.63, 3.8) is 0 Å². The third-order valence-electron chi connectivity index (χ3n) is 3.69. The highest BCUT2D eigenvalue weighted by Gasteiger charge is 2.14. The number of carbonyl (C=O) groups is 1. The molecule has 0 bridgehead atoms. The molecule has 0 aliphatic rings. The molecular weight excluding hydrogens is 318 g/mol. The molecule has 0 saturated carbocycles. The van der Waals surface area contributed by atoms with Gasteiger partial charge in [-0.05, 0) is 37.6 Å². The van der Waals surface area contributed by atoms with Gasteiger partial charge < -0.3 is 14.6 Å². The van der Waals surface area contributed by atoms with Gasteiger partial charge in [0.25, 0.3) is 5.91 Å². The lowest BCUT2D eigenvalue weighted by Crippen LogP contribution is -2.14. The molecule has 1 aromatic heterocycles. The Hall–Kier alpha value is -3.15. The summed E-state index contributed by atoms with van der Waals surface area (Å²) >= 11 is 0. The van der Waals surface area contributed by atoms with E-state index in [4.69, 9.17) is 9.26 Å². The molecule has 0 fully saturated rings. The van der Waals surface area contributed by atoms with Gasteiger partial charge in [0.2, 0.25) is 11.7 Å². The van der Waals surface area contributed by atoms with Crippen LogP contribution in [0.2, 0.25) is 0 Å². The first kappa shape index (κ1) is 16.7. The van der Waals surface area contributed by atoms with E-state index in [0.29, 0.717) is 23.0 Å². The number of hydrogen-bond acceptors (Lipinski definition) is 5. The van der Waals surface area contributed by atoms with Crippen LogP contribution in [-0.2, 0) is 6.61 Å². The molecule has 0 atom stereocenters. The SMILES string of the molecule is Cc1ccc(NC(=O)c2ccccc2OCc2noc(C)n2)c(C)c1. The number of carbonyl (C=O) groups excluding carboxylic acids is 1. The summed E-state index contributed by atoms with van der Waals surface area (Å²) in [5.41, 5.74) is 3.38. The van der Waals surface area contributed by atoms with Crippen LogP contribution in [-0.4, -0.2) is 16.0 Å². The number of anilines is 1. The number of ether oxygens (including phenoxy) is 1. The topological polar surface area (TPSA) is 77.2 Å². The summed E-state index contributed by atoms with van der Waals surface area (Å²) in [6.07, 6.45) is 0. The summed E-state index contributed by atoms with van der Waals surface area (Å²) < 4.78 is 10.6. The highest BCUT2D eigenvalue weighted by Crippen LogP contribution is 2.22. The molecule has 1 heterocycles. The van der Waals surface area contributed by atoms with E-state index in [1.165, 1.54) is 0 Å². The second-order valence-corrected chi connectivity index (χ2v) is 5.79. The zero-order valence-electron chi connectivity index (χ0n) is 14.4. The zero-order chi connectivity index (χ0) is 17.8. The van der Waals surface area contributed by atoms with Crippen LogP contribution >= 0.6 is 0 Å². The van der Waals surface area contributed by atoms with Crippen LogP contribution < -0.4 is 10.1 Å². The summed E-state index contributed by atoms with van der Waals surface area (Å²) in [6.45, 7) is 5.82. The van der Waals surface area contributed by atoms with Gasteiger partial charge in [-0.2, -0.15) is 4.98 Å². The number of rotatable bonds is 5. The Morgan fingerprint density at radius 1 is 1.16 bits per heavy atom. The lowest BCUT2D eigenvalue weighted by molar-refractivity contribution is 0.102. The second kappa shape index (κ2) is 7.17. The number of hydrogen-bond donors (Lipinski definition) is 1. The number of amides is 1. The predicted molar refractivity (Wildman–Crippen MR) is 93.7 cm³/mol. The standard InChI is InChI=1S/C19H19N3O3/c1-12-8-9-16(13(2)10-12)21-19(23)15-6-4-5-7-17(15)24-11-18-20-14(3)25-22-18/h4-10H,11H2,1-3H3,(H,21,23). The fourth-order valence-electron chi connectivity index (χ4n) is 2.47. The maximum absolute atomic E-state index is 12.6. The van der Waals surface area contributed by atoms with Gasteiger partial charge in [-0.15, -0.1) is 0 Å². The number of aromatic nitrogens is 2. The van der Waals surface area contributed by atoms with Gasteiger partial charge in [0.05, 0.1) is 5.56 Å². The molecule has 3 rings (SSSR count). The molecule has 6 heteroatoms. The highest BCUT2D eigenvalue weighted by molar-refractivity contribution is 6.06. The van der Waals surface area contributed by atoms with Crippen molar-refractivity contribution in [2.24, 2.45) is 0 Å². The third-order valence-corrected chi connectivity index (χ3v) is 3.69. The van der Waals surface area contributed by atoms with Gasteiger partial charge in [0.15, 0.2) is 6.61 Å². The minimum atomic E-state index is -0.230. The first-order valence-electron chi connectivity index (χ1n) is 7.92. The Balaban J connectivity index is 1.76. The van der Waals surface area contributed by atoms with Crippen LogP contribution in [0.25, 0.3) is 0 Å². The van der Waals surface area contributed by atoms with E-state index in [9.17, 15) is 4.79 Å². The first-order valence-corrected chi connectivity index (χ1v) is 7.92. The smallest absolute Gasteiger partial charge is 0.259 e. The molecule has 0 spiro atoms. The molecule has 0 saturated heterocycles. The zero-order valence-corrected chi connectivity index (χ0v) is 14.4. The molecule has 1 N–H and O–H groups in total. The Morgan fingerprint density at radius 3 is 2.68 bits per heavy atom. The Kier molecular flexibility index (Phi) is 4.79. The molecule has 128 valence electrons. The largest absolute Gasteiger partial charge is 0.485 e. The van der Waals surface area contributed by atoms with Gasteiger partial charge in [-0.1, -0.05) is 35.0 Å². The molecule has 0 aliphatic carbocycles. The molecule has 0 radical (unpaired) electrons. The van der Waals surface area contributed by atoms with E-state index in [0.717, 1.165) is 16.8 Å². The quantitative estimate of drug-likeness (QED) is 0.766. The van der Waals surface area contributed by atoms with E-state index < -0.39 is 0 Å². The monoisotopic (exact) mass is 337 g/mol. The maximum atomic E-state index is 12.6. The van der Waals surface area contributed by atoms with E-state index in [1.54, 1.807) is 25.1 Å². The summed E-state index contributed by atoms with van der Waals surface area (Å²) in [6, 6.07) is 12.9. The molecule has 2 aromatic carbocycles. The van der Waals surface area contributed by atoms with E-state index in [-0.39, 0.29) is 12.5 Å². The number of benzene rings is 2. The summed E-state index contributed by atoms with van der Waals surface area (Å²) in [7, 11) is 0. The van der Waals surface area contributed by atoms with E-state index in [1.807, 2.05) is 38.1 Å². The number of para-hydroxylation sites is 1. The first-order chi connectivity index (χ1) is 12.0. The normalized spacial score (nSPS) is 10.5. The fourth-order valence-corrected chi connectivity index (χ4v) is 2.47. The van der Waals surface area contributed by atoms with Crippen molar-refractivity contribution >= 4 is 11.6 Å². The van der Waals surface area contributed by atoms with E-state index in [2.05, 4.69) is 15.5 Å². The van der Waals surface area contributed by atoms with Crippen molar-refractivity contribution in [2.45, 2.75) is 27.4 Å². The molecule has 0 aliphatic heterocycles. The van der Waals surface area contributed by atoms with Crippen LogP contribution in [0.4, 0.5) is 5.69 Å². The van der Waals surface area contributed by atoms with Crippen LogP contribution in [0.15, 0.2) is 47.0 Å². The van der Waals surface area contributed by atoms with Gasteiger partial charge in [0.1, 0.15) is 5.75 Å². The maximum Gasteiger partial charge on any atom is 0.259 e. The summed E-state index contributed by atoms with van der Waals surface area (Å²) in [5.74, 6) is 1.14. The second-order valence-electron chi connectivity index (χ2n) is 5.79. The molecular formula is C19H19N3O3. The van der Waals surface area contributed by atoms with Gasteiger partial charge in [0, 0.05) is 12.6 Å². The molecule has 25 heavy (non-hydrogen) atoms. The van der Waals surface area contributed by atoms with Crippen molar-refractivity contribution in [2.75, 3.05) is 5.32 Å². The van der Waals surface area contributed by atoms with Crippen LogP contribution in [0.5, 0.6) is 5.75 Å². The summed E-state index contributed by atoms with van der Waals surface area (Å²) in [4.78, 5) is 16.7. The molecule has 6 nitrogen and oxygen atoms in total. The molecule has 0 unspecified atom stereocenters. The highest BCUT2D eigenvalue weighted by atomic mass is 16.5. The Labute approximate surface area is 145 Å². The number of nitrogens with zero attached hydrogens (tertiary/aromatic N) is 2. The minimum Gasteiger partial charge on any atom is -0.485 e. The Bertz CT molecular complexity index is 902. The lowest BCUT2D eigenvalue weighted by atomic mass is 10.1. The molecule has 3 aromatic rings. The fraction of sp³-hybridized carbons (Fsp3) is 0.211. The minimum absolute atomic E-state index is 0.130. The molecule has 1 amide bonds. The number of aryl methyl sites for hydroxylation is 3. The number of nitrogens with one attached hydrogen (secondary N) is 1. The van der Waals surface area contributed by atoms with Crippen molar-refractivity contribution in [3.8, 4) is 5.75 Å². The average Bonchev–Trinajstić information content (AvgIpc) is 3.01. The third kappa shape index (κ3) is 4.03. The van der Waals surface area contributed by atoms with Crippen LogP contribution in [0.3, 0.4) is 0 Å². The lowest BCUT2D eigenvalue weighted by Gasteiger charge is -2.12. The van der Waals surface area contributed by atoms with Gasteiger partial charge in [-0.3, -0.25) is 4.79 Å². The van der Waals surface area contributed by atoms with Gasteiger partial charge >= 0.3 is 0 Å². The summed E-state index contributed by atoms with van der Waals surface area (Å²) in [5, 5.41) is 6.71.